The highest BCUT2D eigenvalue weighted by Crippen LogP contribution is 2.24. The second kappa shape index (κ2) is 12.1. The molecule has 0 radical (unpaired) electrons. The summed E-state index contributed by atoms with van der Waals surface area (Å²) >= 11 is 8.80. The van der Waals surface area contributed by atoms with E-state index in [1.165, 1.54) is 24.5 Å². The Hall–Kier alpha value is -3.56. The number of nitrogens with one attached hydrogen (secondary N) is 2. The van der Waals surface area contributed by atoms with E-state index in [4.69, 9.17) is 17.0 Å². The average molecular weight is 579 g/mol. The number of methoxy groups -OCH3 is 1. The number of carbonyl (C=O) groups is 1. The van der Waals surface area contributed by atoms with Gasteiger partial charge in [0.25, 0.3) is 0 Å². The predicted octanol–water partition coefficient (Wildman–Crippen LogP) is 6.37. The molecular formula is C28H28BrN5O2S. The van der Waals surface area contributed by atoms with Gasteiger partial charge in [-0.3, -0.25) is 10.1 Å². The second-order valence-corrected chi connectivity index (χ2v) is 9.90. The lowest BCUT2D eigenvalue weighted by molar-refractivity contribution is -0.115. The van der Waals surface area contributed by atoms with Crippen LogP contribution in [0.2, 0.25) is 0 Å². The number of rotatable bonds is 8. The Morgan fingerprint density at radius 2 is 1.84 bits per heavy atom. The molecule has 0 aliphatic rings. The third-order valence-corrected chi connectivity index (χ3v) is 6.50. The summed E-state index contributed by atoms with van der Waals surface area (Å²) in [6.45, 7) is 4.15. The van der Waals surface area contributed by atoms with Gasteiger partial charge in [-0.15, -0.1) is 10.2 Å². The number of aromatic nitrogens is 3. The van der Waals surface area contributed by atoms with Crippen molar-refractivity contribution in [2.45, 2.75) is 33.1 Å². The summed E-state index contributed by atoms with van der Waals surface area (Å²) in [6.07, 6.45) is 6.51. The molecular weight excluding hydrogens is 550 g/mol. The van der Waals surface area contributed by atoms with Gasteiger partial charge in [-0.1, -0.05) is 41.4 Å². The van der Waals surface area contributed by atoms with Crippen LogP contribution in [0.15, 0.2) is 65.1 Å². The van der Waals surface area contributed by atoms with Gasteiger partial charge in [0.1, 0.15) is 16.8 Å². The molecule has 0 spiro atoms. The number of carbonyl (C=O) groups excluding carboxylic acids is 1. The van der Waals surface area contributed by atoms with Crippen LogP contribution in [0.1, 0.15) is 36.5 Å². The number of unbranched alkanes of at least 4 members (excludes halogenated alkanes) is 1. The first-order valence-corrected chi connectivity index (χ1v) is 13.2. The largest absolute Gasteiger partial charge is 0.496 e. The van der Waals surface area contributed by atoms with Crippen molar-refractivity contribution in [3.63, 3.8) is 0 Å². The zero-order valence-corrected chi connectivity index (χ0v) is 23.3. The van der Waals surface area contributed by atoms with Crippen LogP contribution in [-0.4, -0.2) is 33.1 Å². The second-order valence-electron chi connectivity index (χ2n) is 8.58. The summed E-state index contributed by atoms with van der Waals surface area (Å²) in [6, 6.07) is 17.7. The molecule has 9 heteroatoms. The van der Waals surface area contributed by atoms with Crippen LogP contribution in [0.4, 0.5) is 5.69 Å². The Morgan fingerprint density at radius 1 is 1.11 bits per heavy atom. The molecule has 37 heavy (non-hydrogen) atoms. The average Bonchev–Trinajstić information content (AvgIpc) is 3.29. The molecule has 0 aliphatic heterocycles. The van der Waals surface area contributed by atoms with Gasteiger partial charge < -0.3 is 10.1 Å². The first-order valence-electron chi connectivity index (χ1n) is 12.0. The Labute approximate surface area is 230 Å². The normalized spacial score (nSPS) is 11.1. The predicted molar refractivity (Wildman–Crippen MR) is 156 cm³/mol. The molecule has 2 N–H and O–H groups in total. The SMILES string of the molecule is CCCCc1ccc(-n2nc3cc(C)c(NC(=S)NC(=O)C=Cc4cc(Br)ccc4OC)cc3n2)cc1. The first kappa shape index (κ1) is 26.5. The van der Waals surface area contributed by atoms with E-state index in [1.54, 1.807) is 18.0 Å². The number of halogens is 1. The van der Waals surface area contributed by atoms with Crippen LogP contribution in [0.25, 0.3) is 22.8 Å². The fraction of sp³-hybridized carbons (Fsp3) is 0.214. The smallest absolute Gasteiger partial charge is 0.250 e. The van der Waals surface area contributed by atoms with Crippen molar-refractivity contribution < 1.29 is 9.53 Å². The molecule has 0 bridgehead atoms. The van der Waals surface area contributed by atoms with Gasteiger partial charge in [0.2, 0.25) is 5.91 Å². The number of thiocarbonyl (C=S) groups is 1. The van der Waals surface area contributed by atoms with Crippen molar-refractivity contribution in [3.05, 3.63) is 81.8 Å². The highest BCUT2D eigenvalue weighted by atomic mass is 79.9. The molecule has 0 fully saturated rings. The summed E-state index contributed by atoms with van der Waals surface area (Å²) in [5, 5.41) is 15.2. The van der Waals surface area contributed by atoms with Gasteiger partial charge in [0.15, 0.2) is 5.11 Å². The Kier molecular flexibility index (Phi) is 8.68. The lowest BCUT2D eigenvalue weighted by atomic mass is 10.1. The number of nitrogens with zero attached hydrogens (tertiary/aromatic N) is 3. The van der Waals surface area contributed by atoms with Gasteiger partial charge in [-0.05, 0) is 91.7 Å². The molecule has 4 aromatic rings. The minimum Gasteiger partial charge on any atom is -0.496 e. The number of hydrogen-bond donors (Lipinski definition) is 2. The van der Waals surface area contributed by atoms with E-state index < -0.39 is 0 Å². The van der Waals surface area contributed by atoms with Crippen molar-refractivity contribution in [2.75, 3.05) is 12.4 Å². The number of amides is 1. The van der Waals surface area contributed by atoms with Crippen LogP contribution in [0.3, 0.4) is 0 Å². The van der Waals surface area contributed by atoms with Gasteiger partial charge in [-0.2, -0.15) is 4.80 Å². The summed E-state index contributed by atoms with van der Waals surface area (Å²) < 4.78 is 6.22. The van der Waals surface area contributed by atoms with Crippen molar-refractivity contribution in [1.82, 2.24) is 20.3 Å². The zero-order valence-electron chi connectivity index (χ0n) is 20.9. The number of benzene rings is 3. The highest BCUT2D eigenvalue weighted by Gasteiger charge is 2.11. The fourth-order valence-corrected chi connectivity index (χ4v) is 4.39. The molecule has 0 saturated heterocycles. The van der Waals surface area contributed by atoms with Crippen LogP contribution >= 0.6 is 28.1 Å². The molecule has 1 heterocycles. The quantitative estimate of drug-likeness (QED) is 0.187. The summed E-state index contributed by atoms with van der Waals surface area (Å²) in [5.41, 5.74) is 6.16. The number of anilines is 1. The minimum absolute atomic E-state index is 0.188. The molecule has 0 atom stereocenters. The topological polar surface area (TPSA) is 81.1 Å². The number of hydrogen-bond acceptors (Lipinski definition) is 5. The van der Waals surface area contributed by atoms with Crippen LogP contribution in [0, 0.1) is 6.92 Å². The third-order valence-electron chi connectivity index (χ3n) is 5.80. The zero-order chi connectivity index (χ0) is 26.4. The van der Waals surface area contributed by atoms with Crippen molar-refractivity contribution >= 4 is 62.0 Å². The summed E-state index contributed by atoms with van der Waals surface area (Å²) in [4.78, 5) is 14.1. The fourth-order valence-electron chi connectivity index (χ4n) is 3.80. The van der Waals surface area contributed by atoms with E-state index in [9.17, 15) is 4.79 Å². The standard InChI is InChI=1S/C28H28BrN5O2S/c1-4-5-6-19-7-11-22(12-8-19)34-32-24-15-18(2)23(17-25(24)33-34)30-28(37)31-27(35)14-9-20-16-21(29)10-13-26(20)36-3/h7-17H,4-6H2,1-3H3,(H2,30,31,35,37). The van der Waals surface area contributed by atoms with Crippen LogP contribution < -0.4 is 15.4 Å². The third kappa shape index (κ3) is 6.81. The molecule has 1 aromatic heterocycles. The molecule has 4 rings (SSSR count). The maximum Gasteiger partial charge on any atom is 0.250 e. The lowest BCUT2D eigenvalue weighted by Gasteiger charge is -2.10. The van der Waals surface area contributed by atoms with E-state index in [2.05, 4.69) is 55.8 Å². The number of aryl methyl sites for hydroxylation is 2. The van der Waals surface area contributed by atoms with Crippen LogP contribution in [0.5, 0.6) is 5.75 Å². The maximum absolute atomic E-state index is 12.4. The van der Waals surface area contributed by atoms with Crippen molar-refractivity contribution in [3.8, 4) is 11.4 Å². The van der Waals surface area contributed by atoms with Gasteiger partial charge in [-0.25, -0.2) is 0 Å². The molecule has 3 aromatic carbocycles. The van der Waals surface area contributed by atoms with Gasteiger partial charge in [0.05, 0.1) is 12.8 Å². The summed E-state index contributed by atoms with van der Waals surface area (Å²) in [5.74, 6) is 0.309. The highest BCUT2D eigenvalue weighted by molar-refractivity contribution is 9.10. The summed E-state index contributed by atoms with van der Waals surface area (Å²) in [7, 11) is 1.58. The number of fused-ring (bicyclic) bond motifs is 1. The maximum atomic E-state index is 12.4. The van der Waals surface area contributed by atoms with Crippen molar-refractivity contribution in [2.24, 2.45) is 0 Å². The molecule has 190 valence electrons. The lowest BCUT2D eigenvalue weighted by Crippen LogP contribution is -2.33. The Morgan fingerprint density at radius 3 is 2.54 bits per heavy atom. The van der Waals surface area contributed by atoms with Crippen molar-refractivity contribution in [1.29, 1.82) is 0 Å². The Balaban J connectivity index is 1.43. The van der Waals surface area contributed by atoms with E-state index in [0.29, 0.717) is 5.75 Å². The van der Waals surface area contributed by atoms with Crippen LogP contribution in [-0.2, 0) is 11.2 Å². The molecule has 0 unspecified atom stereocenters. The number of ether oxygens (including phenoxy) is 1. The molecule has 7 nitrogen and oxygen atoms in total. The van der Waals surface area contributed by atoms with Gasteiger partial charge in [0, 0.05) is 21.8 Å². The first-order chi connectivity index (χ1) is 17.9. The van der Waals surface area contributed by atoms with E-state index in [-0.39, 0.29) is 11.0 Å². The van der Waals surface area contributed by atoms with E-state index in [1.807, 2.05) is 49.4 Å². The molecule has 0 saturated carbocycles. The van der Waals surface area contributed by atoms with Gasteiger partial charge >= 0.3 is 0 Å². The monoisotopic (exact) mass is 577 g/mol. The van der Waals surface area contributed by atoms with E-state index in [0.717, 1.165) is 44.4 Å². The van der Waals surface area contributed by atoms with E-state index >= 15 is 0 Å². The Bertz CT molecular complexity index is 1460. The molecule has 1 amide bonds. The molecule has 0 aliphatic carbocycles. The minimum atomic E-state index is -0.355.